The van der Waals surface area contributed by atoms with Gasteiger partial charge in [-0.3, -0.25) is 4.79 Å². The molecule has 0 aromatic heterocycles. The SMILES string of the molecule is O=C1/C(=C\c2ccc(Cl)c(Cl)c2)CC[C@@H]1C(=S)Nc1ccccc1. The van der Waals surface area contributed by atoms with E-state index in [0.717, 1.165) is 23.2 Å². The van der Waals surface area contributed by atoms with Crippen LogP contribution in [0, 0.1) is 5.92 Å². The minimum absolute atomic E-state index is 0.0782. The third kappa shape index (κ3) is 3.86. The summed E-state index contributed by atoms with van der Waals surface area (Å²) < 4.78 is 0. The van der Waals surface area contributed by atoms with Crippen LogP contribution in [-0.2, 0) is 4.79 Å². The second-order valence-corrected chi connectivity index (χ2v) is 6.91. The van der Waals surface area contributed by atoms with Crippen LogP contribution >= 0.6 is 35.4 Å². The lowest BCUT2D eigenvalue weighted by Gasteiger charge is -2.12. The molecule has 2 nitrogen and oxygen atoms in total. The van der Waals surface area contributed by atoms with E-state index in [1.54, 1.807) is 12.1 Å². The lowest BCUT2D eigenvalue weighted by Crippen LogP contribution is -2.24. The maximum Gasteiger partial charge on any atom is 0.168 e. The first kappa shape index (κ1) is 17.2. The summed E-state index contributed by atoms with van der Waals surface area (Å²) in [6.45, 7) is 0. The van der Waals surface area contributed by atoms with E-state index in [9.17, 15) is 4.79 Å². The first-order chi connectivity index (χ1) is 11.5. The Bertz CT molecular complexity index is 817. The monoisotopic (exact) mass is 375 g/mol. The van der Waals surface area contributed by atoms with Crippen molar-refractivity contribution in [1.29, 1.82) is 0 Å². The smallest absolute Gasteiger partial charge is 0.168 e. The highest BCUT2D eigenvalue weighted by atomic mass is 35.5. The predicted molar refractivity (Wildman–Crippen MR) is 105 cm³/mol. The predicted octanol–water partition coefficient (Wildman–Crippen LogP) is 5.80. The topological polar surface area (TPSA) is 29.1 Å². The molecular weight excluding hydrogens is 361 g/mol. The lowest BCUT2D eigenvalue weighted by molar-refractivity contribution is -0.116. The molecule has 24 heavy (non-hydrogen) atoms. The van der Waals surface area contributed by atoms with Crippen LogP contribution < -0.4 is 5.32 Å². The number of rotatable bonds is 3. The van der Waals surface area contributed by atoms with Crippen molar-refractivity contribution in [3.63, 3.8) is 0 Å². The van der Waals surface area contributed by atoms with Crippen molar-refractivity contribution < 1.29 is 4.79 Å². The van der Waals surface area contributed by atoms with Crippen molar-refractivity contribution in [2.24, 2.45) is 5.92 Å². The Kier molecular flexibility index (Phi) is 5.34. The molecule has 0 amide bonds. The molecule has 0 unspecified atom stereocenters. The number of para-hydroxylation sites is 1. The summed E-state index contributed by atoms with van der Waals surface area (Å²) in [6.07, 6.45) is 3.31. The molecule has 2 aromatic carbocycles. The molecule has 1 fully saturated rings. The van der Waals surface area contributed by atoms with E-state index < -0.39 is 0 Å². The first-order valence-corrected chi connectivity index (χ1v) is 8.77. The van der Waals surface area contributed by atoms with Gasteiger partial charge in [-0.1, -0.05) is 59.7 Å². The number of thiocarbonyl (C=S) groups is 1. The number of allylic oxidation sites excluding steroid dienone is 1. The van der Waals surface area contributed by atoms with Gasteiger partial charge >= 0.3 is 0 Å². The van der Waals surface area contributed by atoms with Gasteiger partial charge in [-0.25, -0.2) is 0 Å². The molecule has 1 aliphatic rings. The molecule has 1 aliphatic carbocycles. The summed E-state index contributed by atoms with van der Waals surface area (Å²) >= 11 is 17.4. The fourth-order valence-electron chi connectivity index (χ4n) is 2.73. The molecule has 1 N–H and O–H groups in total. The van der Waals surface area contributed by atoms with Crippen LogP contribution in [0.5, 0.6) is 0 Å². The molecule has 0 spiro atoms. The molecule has 122 valence electrons. The number of nitrogens with one attached hydrogen (secondary N) is 1. The van der Waals surface area contributed by atoms with Crippen LogP contribution in [0.25, 0.3) is 6.08 Å². The Balaban J connectivity index is 1.73. The van der Waals surface area contributed by atoms with Crippen LogP contribution in [0.15, 0.2) is 54.1 Å². The minimum Gasteiger partial charge on any atom is -0.349 e. The fraction of sp³-hybridized carbons (Fsp3) is 0.158. The van der Waals surface area contributed by atoms with Crippen LogP contribution in [0.4, 0.5) is 5.69 Å². The number of carbonyl (C=O) groups excluding carboxylic acids is 1. The highest BCUT2D eigenvalue weighted by Crippen LogP contribution is 2.31. The Morgan fingerprint density at radius 3 is 2.58 bits per heavy atom. The number of ketones is 1. The zero-order valence-corrected chi connectivity index (χ0v) is 15.1. The molecule has 0 saturated heterocycles. The molecule has 5 heteroatoms. The van der Waals surface area contributed by atoms with Gasteiger partial charge in [0, 0.05) is 5.69 Å². The van der Waals surface area contributed by atoms with Gasteiger partial charge < -0.3 is 5.32 Å². The van der Waals surface area contributed by atoms with Gasteiger partial charge in [0.25, 0.3) is 0 Å². The van der Waals surface area contributed by atoms with Gasteiger partial charge in [0.1, 0.15) is 0 Å². The Hall–Kier alpha value is -1.68. The second kappa shape index (κ2) is 7.47. The lowest BCUT2D eigenvalue weighted by atomic mass is 10.0. The number of benzene rings is 2. The molecule has 3 rings (SSSR count). The van der Waals surface area contributed by atoms with E-state index in [1.165, 1.54) is 0 Å². The molecule has 0 aliphatic heterocycles. The van der Waals surface area contributed by atoms with Gasteiger partial charge in [0.05, 0.1) is 21.0 Å². The van der Waals surface area contributed by atoms with Crippen LogP contribution in [0.2, 0.25) is 10.0 Å². The number of halogens is 2. The molecule has 2 aromatic rings. The highest BCUT2D eigenvalue weighted by Gasteiger charge is 2.32. The maximum absolute atomic E-state index is 12.6. The van der Waals surface area contributed by atoms with Crippen molar-refractivity contribution >= 4 is 58.0 Å². The van der Waals surface area contributed by atoms with Crippen molar-refractivity contribution in [3.05, 3.63) is 69.7 Å². The van der Waals surface area contributed by atoms with E-state index in [-0.39, 0.29) is 11.7 Å². The summed E-state index contributed by atoms with van der Waals surface area (Å²) in [6, 6.07) is 15.0. The zero-order valence-electron chi connectivity index (χ0n) is 12.8. The largest absolute Gasteiger partial charge is 0.349 e. The van der Waals surface area contributed by atoms with Gasteiger partial charge in [-0.2, -0.15) is 0 Å². The highest BCUT2D eigenvalue weighted by molar-refractivity contribution is 7.80. The zero-order chi connectivity index (χ0) is 17.1. The molecule has 1 saturated carbocycles. The summed E-state index contributed by atoms with van der Waals surface area (Å²) in [5.41, 5.74) is 2.54. The quantitative estimate of drug-likeness (QED) is 0.543. The summed E-state index contributed by atoms with van der Waals surface area (Å²) in [4.78, 5) is 13.2. The third-order valence-electron chi connectivity index (χ3n) is 3.98. The summed E-state index contributed by atoms with van der Waals surface area (Å²) in [7, 11) is 0. The van der Waals surface area contributed by atoms with E-state index >= 15 is 0 Å². The Morgan fingerprint density at radius 1 is 1.12 bits per heavy atom. The van der Waals surface area contributed by atoms with Gasteiger partial charge in [0.2, 0.25) is 0 Å². The van der Waals surface area contributed by atoms with Gasteiger partial charge in [-0.05, 0) is 54.3 Å². The van der Waals surface area contributed by atoms with Crippen LogP contribution in [0.1, 0.15) is 18.4 Å². The van der Waals surface area contributed by atoms with E-state index in [1.807, 2.05) is 42.5 Å². The average molecular weight is 376 g/mol. The average Bonchev–Trinajstić information content (AvgIpc) is 2.93. The molecule has 1 atom stereocenters. The minimum atomic E-state index is -0.269. The molecular formula is C19H15Cl2NOS. The Labute approximate surface area is 156 Å². The van der Waals surface area contributed by atoms with E-state index in [4.69, 9.17) is 35.4 Å². The van der Waals surface area contributed by atoms with E-state index in [2.05, 4.69) is 5.32 Å². The number of hydrogen-bond donors (Lipinski definition) is 1. The number of carbonyl (C=O) groups is 1. The summed E-state index contributed by atoms with van der Waals surface area (Å²) in [5, 5.41) is 4.14. The number of hydrogen-bond acceptors (Lipinski definition) is 2. The number of Topliss-reactive ketones (excluding diaryl/α,β-unsaturated/α-hetero) is 1. The van der Waals surface area contributed by atoms with Crippen LogP contribution in [0.3, 0.4) is 0 Å². The molecule has 0 heterocycles. The van der Waals surface area contributed by atoms with Gasteiger partial charge in [0.15, 0.2) is 5.78 Å². The van der Waals surface area contributed by atoms with Crippen molar-refractivity contribution in [1.82, 2.24) is 0 Å². The Morgan fingerprint density at radius 2 is 1.88 bits per heavy atom. The van der Waals surface area contributed by atoms with E-state index in [0.29, 0.717) is 21.5 Å². The molecule has 0 radical (unpaired) electrons. The standard InChI is InChI=1S/C19H15Cl2NOS/c20-16-9-6-12(11-17(16)21)10-13-7-8-15(18(13)23)19(24)22-14-4-2-1-3-5-14/h1-6,9-11,15H,7-8H2,(H,22,24)/b13-10-/t15-/m0/s1. The first-order valence-electron chi connectivity index (χ1n) is 7.60. The van der Waals surface area contributed by atoms with Gasteiger partial charge in [-0.15, -0.1) is 0 Å². The van der Waals surface area contributed by atoms with Crippen molar-refractivity contribution in [3.8, 4) is 0 Å². The van der Waals surface area contributed by atoms with Crippen molar-refractivity contribution in [2.45, 2.75) is 12.8 Å². The second-order valence-electron chi connectivity index (χ2n) is 5.65. The van der Waals surface area contributed by atoms with Crippen LogP contribution in [-0.4, -0.2) is 10.8 Å². The molecule has 0 bridgehead atoms. The summed E-state index contributed by atoms with van der Waals surface area (Å²) in [5.74, 6) is -0.191. The number of anilines is 1. The third-order valence-corrected chi connectivity index (χ3v) is 5.10. The van der Waals surface area contributed by atoms with Crippen molar-refractivity contribution in [2.75, 3.05) is 5.32 Å². The maximum atomic E-state index is 12.6. The normalized spacial score (nSPS) is 18.8. The fourth-order valence-corrected chi connectivity index (χ4v) is 3.37.